The number of methoxy groups -OCH3 is 1. The van der Waals surface area contributed by atoms with Crippen LogP contribution < -0.4 is 33.6 Å². The van der Waals surface area contributed by atoms with E-state index in [0.29, 0.717) is 23.4 Å². The Bertz CT molecular complexity index is 840. The van der Waals surface area contributed by atoms with Crippen LogP contribution in [0.25, 0.3) is 0 Å². The molecule has 0 bridgehead atoms. The Kier molecular flexibility index (Phi) is 11.0. The standard InChI is InChI=1S/C24H32N2O4.HI/c1-5-26(3,6-2)17-16-20(18-23(27)28)25(21-14-10-11-15-22(21)30-4)24(29)19-12-8-7-9-13-19;/h7-15,20H,5-6,16-18H2,1-4H3;1H/t20-;/m1./s1. The molecule has 0 saturated carbocycles. The number of aliphatic carboxylic acids is 1. The van der Waals surface area contributed by atoms with Crippen molar-refractivity contribution in [3.05, 3.63) is 60.2 Å². The van der Waals surface area contributed by atoms with Crippen molar-refractivity contribution in [3.8, 4) is 5.75 Å². The van der Waals surface area contributed by atoms with Gasteiger partial charge in [0.15, 0.2) is 0 Å². The van der Waals surface area contributed by atoms with Crippen molar-refractivity contribution in [2.75, 3.05) is 38.7 Å². The minimum atomic E-state index is -0.928. The molecule has 0 aliphatic rings. The van der Waals surface area contributed by atoms with E-state index >= 15 is 0 Å². The SMILES string of the molecule is CC[N+](C)(CC)CC[C@H](CC(=O)O)N(C(=O)c1ccccc1)c1ccccc1OC.[I-]. The Hall–Kier alpha value is -2.13. The van der Waals surface area contributed by atoms with Gasteiger partial charge in [-0.05, 0) is 38.1 Å². The fourth-order valence-corrected chi connectivity index (χ4v) is 3.55. The van der Waals surface area contributed by atoms with Crippen molar-refractivity contribution >= 4 is 17.6 Å². The molecule has 1 amide bonds. The second-order valence-corrected chi connectivity index (χ2v) is 7.73. The molecular weight excluding hydrogens is 507 g/mol. The summed E-state index contributed by atoms with van der Waals surface area (Å²) in [5.74, 6) is -0.614. The van der Waals surface area contributed by atoms with Gasteiger partial charge >= 0.3 is 5.97 Å². The molecule has 0 saturated heterocycles. The molecular formula is C24H33IN2O4. The molecule has 2 rings (SSSR count). The van der Waals surface area contributed by atoms with Crippen LogP contribution in [0.15, 0.2) is 54.6 Å². The maximum Gasteiger partial charge on any atom is 0.305 e. The molecule has 0 aromatic heterocycles. The van der Waals surface area contributed by atoms with Gasteiger partial charge in [-0.2, -0.15) is 0 Å². The van der Waals surface area contributed by atoms with Crippen LogP contribution in [0.3, 0.4) is 0 Å². The minimum Gasteiger partial charge on any atom is -1.00 e. The van der Waals surface area contributed by atoms with Crippen LogP contribution in [0.1, 0.15) is 37.0 Å². The molecule has 2 aromatic carbocycles. The van der Waals surface area contributed by atoms with Gasteiger partial charge in [0.2, 0.25) is 0 Å². The molecule has 0 unspecified atom stereocenters. The fraction of sp³-hybridized carbons (Fsp3) is 0.417. The smallest absolute Gasteiger partial charge is 0.305 e. The van der Waals surface area contributed by atoms with E-state index in [4.69, 9.17) is 4.74 Å². The number of quaternary nitrogens is 1. The molecule has 1 atom stereocenters. The van der Waals surface area contributed by atoms with E-state index in [1.807, 2.05) is 36.4 Å². The largest absolute Gasteiger partial charge is 1.00 e. The summed E-state index contributed by atoms with van der Waals surface area (Å²) >= 11 is 0. The summed E-state index contributed by atoms with van der Waals surface area (Å²) in [7, 11) is 3.71. The third kappa shape index (κ3) is 7.21. The molecule has 6 nitrogen and oxygen atoms in total. The minimum absolute atomic E-state index is 0. The number of hydrogen-bond acceptors (Lipinski definition) is 3. The van der Waals surface area contributed by atoms with E-state index < -0.39 is 12.0 Å². The van der Waals surface area contributed by atoms with E-state index in [1.165, 1.54) is 0 Å². The quantitative estimate of drug-likeness (QED) is 0.342. The number of carbonyl (C=O) groups excluding carboxylic acids is 1. The number of rotatable bonds is 11. The van der Waals surface area contributed by atoms with Crippen LogP contribution in [0.2, 0.25) is 0 Å². The number of amides is 1. The van der Waals surface area contributed by atoms with E-state index in [2.05, 4.69) is 20.9 Å². The Morgan fingerprint density at radius 1 is 1.03 bits per heavy atom. The molecule has 0 spiro atoms. The second kappa shape index (κ2) is 12.7. The molecule has 0 aliphatic carbocycles. The van der Waals surface area contributed by atoms with Crippen molar-refractivity contribution in [1.29, 1.82) is 0 Å². The second-order valence-electron chi connectivity index (χ2n) is 7.73. The molecule has 2 aromatic rings. The summed E-state index contributed by atoms with van der Waals surface area (Å²) in [6.07, 6.45) is 0.436. The number of ether oxygens (including phenoxy) is 1. The van der Waals surface area contributed by atoms with Crippen LogP contribution in [-0.4, -0.2) is 61.3 Å². The Morgan fingerprint density at radius 2 is 1.61 bits per heavy atom. The average Bonchev–Trinajstić information content (AvgIpc) is 2.77. The number of halogens is 1. The summed E-state index contributed by atoms with van der Waals surface area (Å²) in [5, 5.41) is 9.63. The summed E-state index contributed by atoms with van der Waals surface area (Å²) < 4.78 is 6.32. The van der Waals surface area contributed by atoms with Gasteiger partial charge in [0, 0.05) is 12.0 Å². The third-order valence-electron chi connectivity index (χ3n) is 5.89. The summed E-state index contributed by atoms with van der Waals surface area (Å²) in [5.41, 5.74) is 1.10. The van der Waals surface area contributed by atoms with Crippen molar-refractivity contribution in [2.24, 2.45) is 0 Å². The monoisotopic (exact) mass is 540 g/mol. The number of hydrogen-bond donors (Lipinski definition) is 1. The maximum atomic E-state index is 13.6. The average molecular weight is 540 g/mol. The van der Waals surface area contributed by atoms with Crippen molar-refractivity contribution in [3.63, 3.8) is 0 Å². The fourth-order valence-electron chi connectivity index (χ4n) is 3.55. The lowest BCUT2D eigenvalue weighted by molar-refractivity contribution is -0.906. The van der Waals surface area contributed by atoms with Gasteiger partial charge in [0.25, 0.3) is 5.91 Å². The number of nitrogens with zero attached hydrogens (tertiary/aromatic N) is 2. The van der Waals surface area contributed by atoms with Crippen LogP contribution in [0.4, 0.5) is 5.69 Å². The lowest BCUT2D eigenvalue weighted by atomic mass is 10.0. The first-order valence-electron chi connectivity index (χ1n) is 10.4. The number of carbonyl (C=O) groups is 2. The van der Waals surface area contributed by atoms with Crippen LogP contribution >= 0.6 is 0 Å². The number of carboxylic acid groups (broad SMARTS) is 1. The molecule has 0 radical (unpaired) electrons. The van der Waals surface area contributed by atoms with Gasteiger partial charge in [-0.1, -0.05) is 30.3 Å². The van der Waals surface area contributed by atoms with E-state index in [1.54, 1.807) is 30.2 Å². The lowest BCUT2D eigenvalue weighted by Gasteiger charge is -2.37. The lowest BCUT2D eigenvalue weighted by Crippen LogP contribution is -3.00. The highest BCUT2D eigenvalue weighted by Gasteiger charge is 2.32. The maximum absolute atomic E-state index is 13.6. The van der Waals surface area contributed by atoms with E-state index in [-0.39, 0.29) is 36.3 Å². The molecule has 0 fully saturated rings. The van der Waals surface area contributed by atoms with Gasteiger partial charge in [-0.15, -0.1) is 0 Å². The first-order valence-corrected chi connectivity index (χ1v) is 10.4. The molecule has 7 heteroatoms. The van der Waals surface area contributed by atoms with Gasteiger partial charge in [0.05, 0.1) is 51.9 Å². The first kappa shape index (κ1) is 26.9. The molecule has 0 aliphatic heterocycles. The number of anilines is 1. The zero-order valence-corrected chi connectivity index (χ0v) is 20.9. The third-order valence-corrected chi connectivity index (χ3v) is 5.89. The molecule has 31 heavy (non-hydrogen) atoms. The van der Waals surface area contributed by atoms with Crippen molar-refractivity contribution in [2.45, 2.75) is 32.7 Å². The van der Waals surface area contributed by atoms with Crippen molar-refractivity contribution < 1.29 is 47.9 Å². The van der Waals surface area contributed by atoms with Crippen molar-refractivity contribution in [1.82, 2.24) is 0 Å². The number of para-hydroxylation sites is 2. The zero-order chi connectivity index (χ0) is 22.1. The highest BCUT2D eigenvalue weighted by Crippen LogP contribution is 2.32. The normalized spacial score (nSPS) is 11.9. The molecule has 0 heterocycles. The number of benzene rings is 2. The first-order chi connectivity index (χ1) is 14.3. The Labute approximate surface area is 202 Å². The van der Waals surface area contributed by atoms with E-state index in [0.717, 1.165) is 24.1 Å². The summed E-state index contributed by atoms with van der Waals surface area (Å²) in [4.78, 5) is 26.9. The van der Waals surface area contributed by atoms with Crippen LogP contribution in [0, 0.1) is 0 Å². The molecule has 1 N–H and O–H groups in total. The zero-order valence-electron chi connectivity index (χ0n) is 18.8. The predicted octanol–water partition coefficient (Wildman–Crippen LogP) is 1.07. The van der Waals surface area contributed by atoms with Crippen LogP contribution in [-0.2, 0) is 4.79 Å². The van der Waals surface area contributed by atoms with E-state index in [9.17, 15) is 14.7 Å². The van der Waals surface area contributed by atoms with Gasteiger partial charge < -0.3 is 43.2 Å². The highest BCUT2D eigenvalue weighted by atomic mass is 127. The highest BCUT2D eigenvalue weighted by molar-refractivity contribution is 6.07. The van der Waals surface area contributed by atoms with Gasteiger partial charge in [0.1, 0.15) is 5.75 Å². The Balaban J connectivity index is 0.00000480. The van der Waals surface area contributed by atoms with Crippen LogP contribution in [0.5, 0.6) is 5.75 Å². The number of carboxylic acids is 1. The predicted molar refractivity (Wildman–Crippen MR) is 119 cm³/mol. The summed E-state index contributed by atoms with van der Waals surface area (Å²) in [6.45, 7) is 6.92. The topological polar surface area (TPSA) is 66.8 Å². The summed E-state index contributed by atoms with van der Waals surface area (Å²) in [6, 6.07) is 15.7. The van der Waals surface area contributed by atoms with Gasteiger partial charge in [-0.25, -0.2) is 0 Å². The van der Waals surface area contributed by atoms with Gasteiger partial charge in [-0.3, -0.25) is 9.59 Å². The molecule has 170 valence electrons. The Morgan fingerprint density at radius 3 is 2.16 bits per heavy atom.